The quantitative estimate of drug-likeness (QED) is 0.826. The summed E-state index contributed by atoms with van der Waals surface area (Å²) in [4.78, 5) is 16.5. The first kappa shape index (κ1) is 18.0. The van der Waals surface area contributed by atoms with E-state index < -0.39 is 0 Å². The van der Waals surface area contributed by atoms with Gasteiger partial charge in [-0.3, -0.25) is 14.4 Å². The van der Waals surface area contributed by atoms with Gasteiger partial charge in [-0.05, 0) is 45.4 Å². The van der Waals surface area contributed by atoms with E-state index >= 15 is 0 Å². The molecule has 3 fully saturated rings. The third-order valence-electron chi connectivity index (χ3n) is 6.48. The molecule has 4 rings (SSSR count). The molecule has 3 saturated heterocycles. The Morgan fingerprint density at radius 1 is 1.15 bits per heavy atom. The lowest BCUT2D eigenvalue weighted by atomic mass is 9.98. The molecule has 0 N–H and O–H groups in total. The lowest BCUT2D eigenvalue weighted by Crippen LogP contribution is -2.49. The first-order chi connectivity index (χ1) is 12.5. The molecule has 0 aromatic carbocycles. The summed E-state index contributed by atoms with van der Waals surface area (Å²) in [6.45, 7) is 6.99. The van der Waals surface area contributed by atoms with Crippen molar-refractivity contribution in [3.05, 3.63) is 17.5 Å². The van der Waals surface area contributed by atoms with E-state index in [1.54, 1.807) is 6.92 Å². The first-order valence-electron chi connectivity index (χ1n) is 10.2. The van der Waals surface area contributed by atoms with Crippen LogP contribution >= 0.6 is 0 Å². The van der Waals surface area contributed by atoms with Crippen LogP contribution in [0, 0.1) is 6.92 Å². The summed E-state index contributed by atoms with van der Waals surface area (Å²) in [5.41, 5.74) is 2.47. The zero-order chi connectivity index (χ0) is 18.3. The lowest BCUT2D eigenvalue weighted by Gasteiger charge is -2.41. The van der Waals surface area contributed by atoms with Gasteiger partial charge in [0, 0.05) is 57.4 Å². The normalized spacial score (nSPS) is 30.1. The zero-order valence-corrected chi connectivity index (χ0v) is 16.4. The van der Waals surface area contributed by atoms with Gasteiger partial charge in [0.1, 0.15) is 0 Å². The molecule has 4 heterocycles. The van der Waals surface area contributed by atoms with Gasteiger partial charge in [0.05, 0.1) is 17.9 Å². The summed E-state index contributed by atoms with van der Waals surface area (Å²) in [6, 6.07) is 0.842. The highest BCUT2D eigenvalue weighted by molar-refractivity contribution is 5.74. The predicted octanol–water partition coefficient (Wildman–Crippen LogP) is 2.25. The molecule has 0 aliphatic carbocycles. The largest absolute Gasteiger partial charge is 0.375 e. The molecule has 0 saturated carbocycles. The minimum Gasteiger partial charge on any atom is -0.375 e. The molecule has 1 aromatic rings. The predicted molar refractivity (Wildman–Crippen MR) is 99.7 cm³/mol. The van der Waals surface area contributed by atoms with Crippen LogP contribution in [0.25, 0.3) is 0 Å². The lowest BCUT2D eigenvalue weighted by molar-refractivity contribution is -0.138. The fraction of sp³-hybridized carbons (Fsp3) is 0.800. The van der Waals surface area contributed by atoms with Crippen molar-refractivity contribution >= 4 is 5.91 Å². The van der Waals surface area contributed by atoms with Gasteiger partial charge < -0.3 is 9.64 Å². The standard InChI is InChI=1S/C20H32N4O2/c1-14-16(12-22(3)21-14)13-23-8-6-19(7-9-23)26-20-10-17-4-5-18(11-20)24(17)15(2)25/h12,17-20H,4-11,13H2,1-3H3/t17-,18+,20?. The van der Waals surface area contributed by atoms with Crippen molar-refractivity contribution in [3.8, 4) is 0 Å². The van der Waals surface area contributed by atoms with Crippen molar-refractivity contribution in [3.63, 3.8) is 0 Å². The minimum atomic E-state index is 0.245. The molecule has 26 heavy (non-hydrogen) atoms. The van der Waals surface area contributed by atoms with Crippen LogP contribution in [0.1, 0.15) is 56.7 Å². The Balaban J connectivity index is 1.25. The molecular weight excluding hydrogens is 328 g/mol. The molecule has 144 valence electrons. The molecule has 3 aliphatic rings. The maximum Gasteiger partial charge on any atom is 0.219 e. The van der Waals surface area contributed by atoms with E-state index in [4.69, 9.17) is 4.74 Å². The molecule has 1 aromatic heterocycles. The van der Waals surface area contributed by atoms with Gasteiger partial charge >= 0.3 is 0 Å². The molecule has 3 aliphatic heterocycles. The van der Waals surface area contributed by atoms with E-state index in [0.29, 0.717) is 24.3 Å². The van der Waals surface area contributed by atoms with Crippen molar-refractivity contribution < 1.29 is 9.53 Å². The number of aryl methyl sites for hydroxylation is 2. The maximum atomic E-state index is 11.8. The number of nitrogens with zero attached hydrogens (tertiary/aromatic N) is 4. The van der Waals surface area contributed by atoms with Crippen LogP contribution in [-0.4, -0.2) is 62.9 Å². The fourth-order valence-corrected chi connectivity index (χ4v) is 5.27. The Morgan fingerprint density at radius 3 is 2.35 bits per heavy atom. The third kappa shape index (κ3) is 3.67. The minimum absolute atomic E-state index is 0.245. The smallest absolute Gasteiger partial charge is 0.219 e. The van der Waals surface area contributed by atoms with Crippen LogP contribution in [0.15, 0.2) is 6.20 Å². The first-order valence-corrected chi connectivity index (χ1v) is 10.2. The van der Waals surface area contributed by atoms with Gasteiger partial charge in [0.25, 0.3) is 0 Å². The van der Waals surface area contributed by atoms with Gasteiger partial charge in [0.2, 0.25) is 5.91 Å². The van der Waals surface area contributed by atoms with Crippen LogP contribution < -0.4 is 0 Å². The summed E-state index contributed by atoms with van der Waals surface area (Å²) in [7, 11) is 1.99. The molecule has 2 bridgehead atoms. The molecule has 6 nitrogen and oxygen atoms in total. The Bertz CT molecular complexity index is 636. The summed E-state index contributed by atoms with van der Waals surface area (Å²) < 4.78 is 8.39. The summed E-state index contributed by atoms with van der Waals surface area (Å²) in [6.07, 6.45) is 9.48. The Kier molecular flexibility index (Phi) is 5.06. The number of hydrogen-bond donors (Lipinski definition) is 0. The Morgan fingerprint density at radius 2 is 1.81 bits per heavy atom. The number of amides is 1. The van der Waals surface area contributed by atoms with E-state index in [-0.39, 0.29) is 5.91 Å². The highest BCUT2D eigenvalue weighted by Gasteiger charge is 2.43. The van der Waals surface area contributed by atoms with Crippen molar-refractivity contribution in [1.29, 1.82) is 0 Å². The second-order valence-electron chi connectivity index (χ2n) is 8.43. The van der Waals surface area contributed by atoms with Crippen LogP contribution in [0.5, 0.6) is 0 Å². The van der Waals surface area contributed by atoms with E-state index in [1.165, 1.54) is 5.56 Å². The topological polar surface area (TPSA) is 50.6 Å². The number of likely N-dealkylation sites (tertiary alicyclic amines) is 1. The summed E-state index contributed by atoms with van der Waals surface area (Å²) in [5, 5.41) is 4.44. The number of aromatic nitrogens is 2. The van der Waals surface area contributed by atoms with Gasteiger partial charge in [0.15, 0.2) is 0 Å². The van der Waals surface area contributed by atoms with Gasteiger partial charge in [-0.25, -0.2) is 0 Å². The molecule has 0 radical (unpaired) electrons. The molecule has 1 amide bonds. The third-order valence-corrected chi connectivity index (χ3v) is 6.48. The average Bonchev–Trinajstić information content (AvgIpc) is 3.05. The average molecular weight is 361 g/mol. The molecule has 0 spiro atoms. The van der Waals surface area contributed by atoms with E-state index in [1.807, 2.05) is 11.7 Å². The highest BCUT2D eigenvalue weighted by Crippen LogP contribution is 2.37. The molecule has 3 atom stereocenters. The van der Waals surface area contributed by atoms with Crippen molar-refractivity contribution in [1.82, 2.24) is 19.6 Å². The van der Waals surface area contributed by atoms with Crippen LogP contribution in [0.3, 0.4) is 0 Å². The fourth-order valence-electron chi connectivity index (χ4n) is 5.27. The second kappa shape index (κ2) is 7.31. The molecule has 1 unspecified atom stereocenters. The van der Waals surface area contributed by atoms with Gasteiger partial charge in [-0.1, -0.05) is 0 Å². The summed E-state index contributed by atoms with van der Waals surface area (Å²) >= 11 is 0. The number of piperidine rings is 2. The highest BCUT2D eigenvalue weighted by atomic mass is 16.5. The zero-order valence-electron chi connectivity index (χ0n) is 16.4. The molecule has 6 heteroatoms. The van der Waals surface area contributed by atoms with Crippen molar-refractivity contribution in [2.45, 2.75) is 83.2 Å². The van der Waals surface area contributed by atoms with E-state index in [0.717, 1.165) is 63.9 Å². The number of fused-ring (bicyclic) bond motifs is 2. The maximum absolute atomic E-state index is 11.8. The van der Waals surface area contributed by atoms with E-state index in [9.17, 15) is 4.79 Å². The van der Waals surface area contributed by atoms with Crippen LogP contribution in [-0.2, 0) is 23.1 Å². The number of carbonyl (C=O) groups excluding carboxylic acids is 1. The van der Waals surface area contributed by atoms with Gasteiger partial charge in [-0.15, -0.1) is 0 Å². The Hall–Kier alpha value is -1.40. The monoisotopic (exact) mass is 360 g/mol. The molecular formula is C20H32N4O2. The van der Waals surface area contributed by atoms with E-state index in [2.05, 4.69) is 28.0 Å². The number of hydrogen-bond acceptors (Lipinski definition) is 4. The number of carbonyl (C=O) groups is 1. The van der Waals surface area contributed by atoms with Crippen LogP contribution in [0.4, 0.5) is 0 Å². The number of rotatable bonds is 4. The van der Waals surface area contributed by atoms with Crippen LogP contribution in [0.2, 0.25) is 0 Å². The SMILES string of the molecule is CC(=O)N1[C@@H]2CC[C@H]1CC(OC1CCN(Cc3cn(C)nc3C)CC1)C2. The number of ether oxygens (including phenoxy) is 1. The van der Waals surface area contributed by atoms with Crippen molar-refractivity contribution in [2.75, 3.05) is 13.1 Å². The van der Waals surface area contributed by atoms with Crippen molar-refractivity contribution in [2.24, 2.45) is 7.05 Å². The summed E-state index contributed by atoms with van der Waals surface area (Å²) in [5.74, 6) is 0.245. The Labute approximate surface area is 156 Å². The van der Waals surface area contributed by atoms with Gasteiger partial charge in [-0.2, -0.15) is 5.10 Å². The second-order valence-corrected chi connectivity index (χ2v) is 8.43.